The monoisotopic (exact) mass is 361 g/mol. The van der Waals surface area contributed by atoms with Gasteiger partial charge in [-0.15, -0.1) is 0 Å². The SMILES string of the molecule is COc1cccc(-n2c(=O)[nH]c(C(=O)O)c(CN3CCOCC3)c2=O)c1. The third-order valence-corrected chi connectivity index (χ3v) is 4.21. The molecule has 1 aliphatic rings. The number of nitrogens with zero attached hydrogens (tertiary/aromatic N) is 2. The van der Waals surface area contributed by atoms with Crippen LogP contribution in [0.1, 0.15) is 16.1 Å². The van der Waals surface area contributed by atoms with E-state index in [4.69, 9.17) is 9.47 Å². The molecule has 1 fully saturated rings. The fraction of sp³-hybridized carbons (Fsp3) is 0.353. The number of hydrogen-bond donors (Lipinski definition) is 2. The quantitative estimate of drug-likeness (QED) is 0.774. The zero-order valence-electron chi connectivity index (χ0n) is 14.2. The van der Waals surface area contributed by atoms with Crippen molar-refractivity contribution in [3.05, 3.63) is 56.4 Å². The molecule has 2 N–H and O–H groups in total. The van der Waals surface area contributed by atoms with Gasteiger partial charge >= 0.3 is 11.7 Å². The lowest BCUT2D eigenvalue weighted by molar-refractivity contribution is 0.0336. The van der Waals surface area contributed by atoms with Crippen molar-refractivity contribution in [1.29, 1.82) is 0 Å². The van der Waals surface area contributed by atoms with Gasteiger partial charge < -0.3 is 19.6 Å². The summed E-state index contributed by atoms with van der Waals surface area (Å²) in [5.74, 6) is -0.869. The predicted molar refractivity (Wildman–Crippen MR) is 92.3 cm³/mol. The number of morpholine rings is 1. The Balaban J connectivity index is 2.13. The summed E-state index contributed by atoms with van der Waals surface area (Å²) in [6.45, 7) is 2.30. The number of hydrogen-bond acceptors (Lipinski definition) is 6. The topological polar surface area (TPSA) is 114 Å². The van der Waals surface area contributed by atoms with Crippen molar-refractivity contribution in [3.8, 4) is 11.4 Å². The van der Waals surface area contributed by atoms with Crippen LogP contribution in [0.15, 0.2) is 33.9 Å². The molecule has 0 aliphatic carbocycles. The number of aromatic amines is 1. The van der Waals surface area contributed by atoms with E-state index >= 15 is 0 Å². The summed E-state index contributed by atoms with van der Waals surface area (Å²) in [5, 5.41) is 9.41. The van der Waals surface area contributed by atoms with Gasteiger partial charge in [-0.25, -0.2) is 14.2 Å². The molecule has 138 valence electrons. The number of carboxylic acids is 1. The summed E-state index contributed by atoms with van der Waals surface area (Å²) in [4.78, 5) is 41.1. The fourth-order valence-corrected chi connectivity index (χ4v) is 2.87. The number of ether oxygens (including phenoxy) is 2. The van der Waals surface area contributed by atoms with Crippen LogP contribution < -0.4 is 16.0 Å². The van der Waals surface area contributed by atoms with E-state index in [9.17, 15) is 19.5 Å². The first kappa shape index (κ1) is 17.9. The molecule has 9 nitrogen and oxygen atoms in total. The molecule has 1 aromatic heterocycles. The number of aromatic carboxylic acids is 1. The minimum atomic E-state index is -1.35. The van der Waals surface area contributed by atoms with E-state index in [1.807, 2.05) is 4.90 Å². The lowest BCUT2D eigenvalue weighted by Crippen LogP contribution is -2.42. The molecule has 1 aromatic carbocycles. The minimum absolute atomic E-state index is 0.0295. The number of nitrogens with one attached hydrogen (secondary N) is 1. The molecule has 3 rings (SSSR count). The van der Waals surface area contributed by atoms with Crippen molar-refractivity contribution in [1.82, 2.24) is 14.5 Å². The Hall–Kier alpha value is -2.91. The Labute approximate surface area is 148 Å². The summed E-state index contributed by atoms with van der Waals surface area (Å²) in [6, 6.07) is 6.45. The molecular weight excluding hydrogens is 342 g/mol. The van der Waals surface area contributed by atoms with Gasteiger partial charge in [0.1, 0.15) is 11.4 Å². The summed E-state index contributed by atoms with van der Waals surface area (Å²) in [7, 11) is 1.48. The largest absolute Gasteiger partial charge is 0.497 e. The number of methoxy groups -OCH3 is 1. The van der Waals surface area contributed by atoms with Crippen LogP contribution in [0.5, 0.6) is 5.75 Å². The smallest absolute Gasteiger partial charge is 0.352 e. The average Bonchev–Trinajstić information content (AvgIpc) is 2.64. The van der Waals surface area contributed by atoms with Crippen LogP contribution in [0.4, 0.5) is 0 Å². The first-order valence-electron chi connectivity index (χ1n) is 8.07. The van der Waals surface area contributed by atoms with Crippen molar-refractivity contribution in [2.45, 2.75) is 6.54 Å². The lowest BCUT2D eigenvalue weighted by atomic mass is 10.2. The third-order valence-electron chi connectivity index (χ3n) is 4.21. The summed E-state index contributed by atoms with van der Waals surface area (Å²) in [6.07, 6.45) is 0. The van der Waals surface area contributed by atoms with Crippen LogP contribution in [-0.4, -0.2) is 58.9 Å². The molecule has 0 unspecified atom stereocenters. The zero-order chi connectivity index (χ0) is 18.7. The van der Waals surface area contributed by atoms with Crippen molar-refractivity contribution in [2.75, 3.05) is 33.4 Å². The van der Waals surface area contributed by atoms with Crippen LogP contribution in [0, 0.1) is 0 Å². The molecule has 1 aliphatic heterocycles. The maximum Gasteiger partial charge on any atom is 0.352 e. The Bertz CT molecular complexity index is 927. The highest BCUT2D eigenvalue weighted by Crippen LogP contribution is 2.15. The van der Waals surface area contributed by atoms with Gasteiger partial charge in [-0.1, -0.05) is 6.07 Å². The highest BCUT2D eigenvalue weighted by molar-refractivity contribution is 5.86. The normalized spacial score (nSPS) is 15.0. The van der Waals surface area contributed by atoms with Crippen LogP contribution in [0.3, 0.4) is 0 Å². The van der Waals surface area contributed by atoms with E-state index in [-0.39, 0.29) is 17.8 Å². The van der Waals surface area contributed by atoms with Gasteiger partial charge in [0, 0.05) is 25.7 Å². The van der Waals surface area contributed by atoms with E-state index in [1.54, 1.807) is 18.2 Å². The van der Waals surface area contributed by atoms with Crippen molar-refractivity contribution >= 4 is 5.97 Å². The molecule has 26 heavy (non-hydrogen) atoms. The molecule has 0 bridgehead atoms. The average molecular weight is 361 g/mol. The lowest BCUT2D eigenvalue weighted by Gasteiger charge is -2.26. The number of aromatic nitrogens is 2. The van der Waals surface area contributed by atoms with Crippen LogP contribution in [0.25, 0.3) is 5.69 Å². The van der Waals surface area contributed by atoms with Gasteiger partial charge in [-0.3, -0.25) is 9.69 Å². The number of carbonyl (C=O) groups is 1. The maximum absolute atomic E-state index is 13.0. The van der Waals surface area contributed by atoms with Crippen LogP contribution >= 0.6 is 0 Å². The molecule has 0 amide bonds. The van der Waals surface area contributed by atoms with Gasteiger partial charge in [-0.2, -0.15) is 0 Å². The molecule has 1 saturated heterocycles. The molecule has 9 heteroatoms. The second kappa shape index (κ2) is 7.54. The summed E-state index contributed by atoms with van der Waals surface area (Å²) < 4.78 is 11.3. The van der Waals surface area contributed by atoms with Gasteiger partial charge in [0.05, 0.1) is 31.6 Å². The number of rotatable bonds is 5. The van der Waals surface area contributed by atoms with E-state index in [1.165, 1.54) is 13.2 Å². The maximum atomic E-state index is 13.0. The zero-order valence-corrected chi connectivity index (χ0v) is 14.2. The van der Waals surface area contributed by atoms with Crippen molar-refractivity contribution < 1.29 is 19.4 Å². The second-order valence-corrected chi connectivity index (χ2v) is 5.82. The second-order valence-electron chi connectivity index (χ2n) is 5.82. The Kier molecular flexibility index (Phi) is 5.19. The Morgan fingerprint density at radius 3 is 2.69 bits per heavy atom. The minimum Gasteiger partial charge on any atom is -0.497 e. The Morgan fingerprint density at radius 1 is 1.31 bits per heavy atom. The molecule has 0 saturated carbocycles. The highest BCUT2D eigenvalue weighted by atomic mass is 16.5. The van der Waals surface area contributed by atoms with E-state index < -0.39 is 17.2 Å². The summed E-state index contributed by atoms with van der Waals surface area (Å²) in [5.41, 5.74) is -1.53. The van der Waals surface area contributed by atoms with Gasteiger partial charge in [0.25, 0.3) is 5.56 Å². The van der Waals surface area contributed by atoms with Crippen molar-refractivity contribution in [2.24, 2.45) is 0 Å². The van der Waals surface area contributed by atoms with Crippen molar-refractivity contribution in [3.63, 3.8) is 0 Å². The number of H-pyrrole nitrogens is 1. The predicted octanol–water partition coefficient (Wildman–Crippen LogP) is 0.0648. The van der Waals surface area contributed by atoms with Gasteiger partial charge in [0.2, 0.25) is 0 Å². The fourth-order valence-electron chi connectivity index (χ4n) is 2.87. The van der Waals surface area contributed by atoms with E-state index in [0.29, 0.717) is 37.7 Å². The molecule has 0 atom stereocenters. The van der Waals surface area contributed by atoms with Gasteiger partial charge in [-0.05, 0) is 12.1 Å². The number of carboxylic acid groups (broad SMARTS) is 1. The standard InChI is InChI=1S/C17H19N3O6/c1-25-12-4-2-3-11(9-12)20-15(21)13(10-19-5-7-26-8-6-19)14(16(22)23)18-17(20)24/h2-4,9H,5-8,10H2,1H3,(H,18,24)(H,22,23). The molecule has 0 radical (unpaired) electrons. The van der Waals surface area contributed by atoms with E-state index in [0.717, 1.165) is 4.57 Å². The molecular formula is C17H19N3O6. The van der Waals surface area contributed by atoms with Gasteiger partial charge in [0.15, 0.2) is 0 Å². The first-order valence-corrected chi connectivity index (χ1v) is 8.07. The third kappa shape index (κ3) is 3.53. The first-order chi connectivity index (χ1) is 12.5. The molecule has 2 aromatic rings. The molecule has 0 spiro atoms. The molecule has 2 heterocycles. The Morgan fingerprint density at radius 2 is 2.04 bits per heavy atom. The number of benzene rings is 1. The van der Waals surface area contributed by atoms with Crippen LogP contribution in [0.2, 0.25) is 0 Å². The van der Waals surface area contributed by atoms with Crippen LogP contribution in [-0.2, 0) is 11.3 Å². The highest BCUT2D eigenvalue weighted by Gasteiger charge is 2.23. The summed E-state index contributed by atoms with van der Waals surface area (Å²) >= 11 is 0. The van der Waals surface area contributed by atoms with E-state index in [2.05, 4.69) is 4.98 Å².